The molecule has 1 aliphatic rings. The first kappa shape index (κ1) is 13.4. The van der Waals surface area contributed by atoms with Gasteiger partial charge in [0.1, 0.15) is 11.6 Å². The molecule has 1 rings (SSSR count). The van der Waals surface area contributed by atoms with Gasteiger partial charge in [-0.2, -0.15) is 0 Å². The Kier molecular flexibility index (Phi) is 3.33. The lowest BCUT2D eigenvalue weighted by Crippen LogP contribution is -2.43. The maximum Gasteiger partial charge on any atom is 0.143 e. The minimum absolute atomic E-state index is 0.0265. The first-order valence-corrected chi connectivity index (χ1v) is 6.09. The normalized spacial score (nSPS) is 28.4. The van der Waals surface area contributed by atoms with Crippen LogP contribution in [0.3, 0.4) is 0 Å². The second kappa shape index (κ2) is 3.97. The maximum absolute atomic E-state index is 11.9. The van der Waals surface area contributed by atoms with Crippen LogP contribution in [-0.4, -0.2) is 11.6 Å². The second-order valence-corrected chi connectivity index (χ2v) is 7.18. The molecule has 0 aromatic heterocycles. The van der Waals surface area contributed by atoms with E-state index in [9.17, 15) is 9.59 Å². The lowest BCUT2D eigenvalue weighted by molar-refractivity contribution is -0.141. The Morgan fingerprint density at radius 2 is 1.12 bits per heavy atom. The van der Waals surface area contributed by atoms with Crippen LogP contribution < -0.4 is 0 Å². The van der Waals surface area contributed by atoms with Crippen molar-refractivity contribution in [1.29, 1.82) is 0 Å². The fourth-order valence-electron chi connectivity index (χ4n) is 2.59. The van der Waals surface area contributed by atoms with Crippen molar-refractivity contribution in [2.45, 2.75) is 54.4 Å². The fraction of sp³-hybridized carbons (Fsp3) is 0.857. The molecule has 0 N–H and O–H groups in total. The molecule has 0 spiro atoms. The van der Waals surface area contributed by atoms with Crippen LogP contribution in [0.1, 0.15) is 54.4 Å². The van der Waals surface area contributed by atoms with Gasteiger partial charge in [-0.25, -0.2) is 0 Å². The Bertz CT molecular complexity index is 272. The van der Waals surface area contributed by atoms with E-state index < -0.39 is 0 Å². The molecule has 1 aliphatic carbocycles. The Hall–Kier alpha value is -0.660. The molecular weight excluding hydrogens is 200 g/mol. The average Bonchev–Trinajstić information content (AvgIpc) is 1.97. The molecule has 2 atom stereocenters. The number of carbonyl (C=O) groups is 2. The van der Waals surface area contributed by atoms with E-state index in [4.69, 9.17) is 0 Å². The summed E-state index contributed by atoms with van der Waals surface area (Å²) in [6.45, 7) is 12.5. The topological polar surface area (TPSA) is 34.1 Å². The van der Waals surface area contributed by atoms with Crippen LogP contribution in [0.4, 0.5) is 0 Å². The highest BCUT2D eigenvalue weighted by Crippen LogP contribution is 2.42. The highest BCUT2D eigenvalue weighted by molar-refractivity contribution is 6.04. The Balaban J connectivity index is 2.94. The van der Waals surface area contributed by atoms with Crippen molar-refractivity contribution in [2.24, 2.45) is 22.7 Å². The van der Waals surface area contributed by atoms with E-state index in [1.807, 2.05) is 0 Å². The zero-order valence-electron chi connectivity index (χ0n) is 11.4. The van der Waals surface area contributed by atoms with Crippen molar-refractivity contribution in [1.82, 2.24) is 0 Å². The lowest BCUT2D eigenvalue weighted by Gasteiger charge is -2.40. The second-order valence-electron chi connectivity index (χ2n) is 7.18. The lowest BCUT2D eigenvalue weighted by atomic mass is 9.62. The van der Waals surface area contributed by atoms with Gasteiger partial charge < -0.3 is 0 Å². The third kappa shape index (κ3) is 2.72. The summed E-state index contributed by atoms with van der Waals surface area (Å²) in [5.41, 5.74) is -0.0530. The first-order chi connectivity index (χ1) is 7.03. The van der Waals surface area contributed by atoms with Crippen molar-refractivity contribution in [3.63, 3.8) is 0 Å². The summed E-state index contributed by atoms with van der Waals surface area (Å²) >= 11 is 0. The van der Waals surface area contributed by atoms with Gasteiger partial charge in [0.05, 0.1) is 6.42 Å². The van der Waals surface area contributed by atoms with E-state index in [0.29, 0.717) is 0 Å². The van der Waals surface area contributed by atoms with Crippen molar-refractivity contribution in [3.8, 4) is 0 Å². The molecule has 0 saturated heterocycles. The fourth-order valence-corrected chi connectivity index (χ4v) is 2.59. The molecule has 1 saturated carbocycles. The van der Waals surface area contributed by atoms with Gasteiger partial charge in [0.15, 0.2) is 0 Å². The monoisotopic (exact) mass is 224 g/mol. The molecule has 2 nitrogen and oxygen atoms in total. The van der Waals surface area contributed by atoms with Crippen LogP contribution >= 0.6 is 0 Å². The van der Waals surface area contributed by atoms with Gasteiger partial charge in [-0.3, -0.25) is 9.59 Å². The minimum atomic E-state index is -0.0265. The van der Waals surface area contributed by atoms with Crippen molar-refractivity contribution in [3.05, 3.63) is 0 Å². The molecule has 16 heavy (non-hydrogen) atoms. The maximum atomic E-state index is 11.9. The largest absolute Gasteiger partial charge is 0.299 e. The van der Waals surface area contributed by atoms with Crippen LogP contribution in [0.25, 0.3) is 0 Å². The standard InChI is InChI=1S/C14H24O2/c1-13(2,3)9-7-10(14(4,5)6)12(16)8-11(9)15/h9-10H,7-8H2,1-6H3/t9-,10-/m1/s1. The quantitative estimate of drug-likeness (QED) is 0.592. The third-order valence-corrected chi connectivity index (χ3v) is 3.69. The smallest absolute Gasteiger partial charge is 0.143 e. The minimum Gasteiger partial charge on any atom is -0.299 e. The molecule has 0 aromatic rings. The van der Waals surface area contributed by atoms with Gasteiger partial charge in [-0.15, -0.1) is 0 Å². The SMILES string of the molecule is CC(C)(C)[C@@H]1C[C@@H](C(C)(C)C)C(=O)CC1=O. The number of carbonyl (C=O) groups excluding carboxylic acids is 2. The molecule has 2 heteroatoms. The summed E-state index contributed by atoms with van der Waals surface area (Å²) in [6.07, 6.45) is 0.870. The number of ketones is 2. The Morgan fingerprint density at radius 1 is 0.812 bits per heavy atom. The molecule has 1 fully saturated rings. The summed E-state index contributed by atoms with van der Waals surface area (Å²) in [5, 5.41) is 0. The number of hydrogen-bond acceptors (Lipinski definition) is 2. The van der Waals surface area contributed by atoms with Crippen molar-refractivity contribution >= 4 is 11.6 Å². The summed E-state index contributed by atoms with van der Waals surface area (Å²) in [6, 6.07) is 0. The predicted molar refractivity (Wildman–Crippen MR) is 65.1 cm³/mol. The summed E-state index contributed by atoms with van der Waals surface area (Å²) in [4.78, 5) is 23.8. The van der Waals surface area contributed by atoms with Crippen molar-refractivity contribution < 1.29 is 9.59 Å². The van der Waals surface area contributed by atoms with Gasteiger partial charge in [0.2, 0.25) is 0 Å². The van der Waals surface area contributed by atoms with Crippen LogP contribution in [0, 0.1) is 22.7 Å². The first-order valence-electron chi connectivity index (χ1n) is 6.09. The zero-order valence-corrected chi connectivity index (χ0v) is 11.4. The molecule has 0 unspecified atom stereocenters. The zero-order chi connectivity index (χ0) is 12.7. The van der Waals surface area contributed by atoms with E-state index in [2.05, 4.69) is 41.5 Å². The van der Waals surface area contributed by atoms with Crippen LogP contribution in [0.5, 0.6) is 0 Å². The molecule has 92 valence electrons. The molecule has 0 bridgehead atoms. The van der Waals surface area contributed by atoms with Crippen LogP contribution in [0.15, 0.2) is 0 Å². The van der Waals surface area contributed by atoms with Gasteiger partial charge in [-0.05, 0) is 17.3 Å². The highest BCUT2D eigenvalue weighted by atomic mass is 16.2. The summed E-state index contributed by atoms with van der Waals surface area (Å²) in [5.74, 6) is 0.347. The van der Waals surface area contributed by atoms with Gasteiger partial charge in [0.25, 0.3) is 0 Å². The molecule has 0 aromatic carbocycles. The Labute approximate surface area is 98.8 Å². The van der Waals surface area contributed by atoms with Crippen LogP contribution in [0.2, 0.25) is 0 Å². The molecule has 0 amide bonds. The Morgan fingerprint density at radius 3 is 1.38 bits per heavy atom. The van der Waals surface area contributed by atoms with E-state index in [1.54, 1.807) is 0 Å². The predicted octanol–water partition coefficient (Wildman–Crippen LogP) is 3.24. The molecule has 0 heterocycles. The van der Waals surface area contributed by atoms with E-state index >= 15 is 0 Å². The number of Topliss-reactive ketones (excluding diaryl/α,β-unsaturated/α-hetero) is 2. The highest BCUT2D eigenvalue weighted by Gasteiger charge is 2.44. The van der Waals surface area contributed by atoms with Gasteiger partial charge in [-0.1, -0.05) is 41.5 Å². The summed E-state index contributed by atoms with van der Waals surface area (Å²) in [7, 11) is 0. The molecule has 0 aliphatic heterocycles. The van der Waals surface area contributed by atoms with Crippen LogP contribution in [-0.2, 0) is 9.59 Å². The third-order valence-electron chi connectivity index (χ3n) is 3.69. The molecular formula is C14H24O2. The van der Waals surface area contributed by atoms with Crippen molar-refractivity contribution in [2.75, 3.05) is 0 Å². The van der Waals surface area contributed by atoms with E-state index in [0.717, 1.165) is 6.42 Å². The molecule has 0 radical (unpaired) electrons. The van der Waals surface area contributed by atoms with E-state index in [-0.39, 0.29) is 40.7 Å². The van der Waals surface area contributed by atoms with E-state index in [1.165, 1.54) is 0 Å². The number of hydrogen-bond donors (Lipinski definition) is 0. The average molecular weight is 224 g/mol. The van der Waals surface area contributed by atoms with Gasteiger partial charge in [0, 0.05) is 11.8 Å². The summed E-state index contributed by atoms with van der Waals surface area (Å²) < 4.78 is 0. The van der Waals surface area contributed by atoms with Gasteiger partial charge >= 0.3 is 0 Å². The number of rotatable bonds is 0.